The summed E-state index contributed by atoms with van der Waals surface area (Å²) in [5.74, 6) is 0. The van der Waals surface area contributed by atoms with Crippen LogP contribution in [0.15, 0.2) is 81.6 Å². The Labute approximate surface area is 143 Å². The van der Waals surface area contributed by atoms with Gasteiger partial charge in [0.05, 0.1) is 0 Å². The molecule has 0 aliphatic heterocycles. The van der Waals surface area contributed by atoms with Gasteiger partial charge in [0.25, 0.3) is 5.56 Å². The van der Waals surface area contributed by atoms with Crippen LogP contribution in [-0.4, -0.2) is 14.6 Å². The summed E-state index contributed by atoms with van der Waals surface area (Å²) in [5, 5.41) is 2.97. The first-order chi connectivity index (χ1) is 11.7. The van der Waals surface area contributed by atoms with E-state index in [2.05, 4.69) is 47.3 Å². The Hall–Kier alpha value is -2.79. The lowest BCUT2D eigenvalue weighted by Gasteiger charge is -2.08. The maximum Gasteiger partial charge on any atom is 0.272 e. The number of fused-ring (bicyclic) bond motifs is 1. The third-order valence-corrected chi connectivity index (χ3v) is 5.07. The third kappa shape index (κ3) is 2.63. The average molecular weight is 333 g/mol. The molecule has 0 amide bonds. The maximum absolute atomic E-state index is 11.8. The molecule has 0 radical (unpaired) electrons. The quantitative estimate of drug-likeness (QED) is 0.613. The second kappa shape index (κ2) is 6.02. The lowest BCUT2D eigenvalue weighted by molar-refractivity contribution is 0.899. The van der Waals surface area contributed by atoms with Gasteiger partial charge in [0.1, 0.15) is 0 Å². The molecule has 24 heavy (non-hydrogen) atoms. The highest BCUT2D eigenvalue weighted by Crippen LogP contribution is 2.33. The van der Waals surface area contributed by atoms with Crippen molar-refractivity contribution in [2.45, 2.75) is 16.7 Å². The van der Waals surface area contributed by atoms with E-state index in [1.165, 1.54) is 25.9 Å². The van der Waals surface area contributed by atoms with Gasteiger partial charge in [0.15, 0.2) is 5.65 Å². The molecule has 0 unspecified atom stereocenters. The summed E-state index contributed by atoms with van der Waals surface area (Å²) in [7, 11) is 0. The fraction of sp³-hybridized carbons (Fsp3) is 0.0526. The van der Waals surface area contributed by atoms with Crippen molar-refractivity contribution in [1.82, 2.24) is 14.6 Å². The van der Waals surface area contributed by atoms with Gasteiger partial charge in [0, 0.05) is 33.8 Å². The number of benzene rings is 2. The van der Waals surface area contributed by atoms with Gasteiger partial charge in [-0.25, -0.2) is 9.50 Å². The van der Waals surface area contributed by atoms with Gasteiger partial charge >= 0.3 is 0 Å². The Balaban J connectivity index is 1.73. The fourth-order valence-electron chi connectivity index (χ4n) is 2.68. The molecule has 0 fully saturated rings. The van der Waals surface area contributed by atoms with Crippen molar-refractivity contribution in [2.75, 3.05) is 0 Å². The second-order valence-corrected chi connectivity index (χ2v) is 6.64. The van der Waals surface area contributed by atoms with Crippen LogP contribution < -0.4 is 5.56 Å². The second-order valence-electron chi connectivity index (χ2n) is 5.52. The zero-order chi connectivity index (χ0) is 16.5. The van der Waals surface area contributed by atoms with Crippen molar-refractivity contribution in [1.29, 1.82) is 0 Å². The number of nitrogens with one attached hydrogen (secondary N) is 1. The van der Waals surface area contributed by atoms with Gasteiger partial charge in [-0.05, 0) is 36.2 Å². The molecular formula is C19H15N3OS. The van der Waals surface area contributed by atoms with Crippen LogP contribution in [0.1, 0.15) is 5.56 Å². The van der Waals surface area contributed by atoms with E-state index >= 15 is 0 Å². The first kappa shape index (κ1) is 14.8. The van der Waals surface area contributed by atoms with Crippen LogP contribution in [0.2, 0.25) is 0 Å². The minimum atomic E-state index is -0.112. The molecule has 5 heteroatoms. The molecule has 2 aromatic carbocycles. The van der Waals surface area contributed by atoms with Gasteiger partial charge in [0.2, 0.25) is 0 Å². The zero-order valence-electron chi connectivity index (χ0n) is 13.1. The van der Waals surface area contributed by atoms with Crippen LogP contribution >= 0.6 is 11.8 Å². The van der Waals surface area contributed by atoms with Crippen molar-refractivity contribution in [3.63, 3.8) is 0 Å². The smallest absolute Gasteiger partial charge is 0.272 e. The topological polar surface area (TPSA) is 50.2 Å². The number of H-pyrrole nitrogens is 1. The Bertz CT molecular complexity index is 1070. The minimum absolute atomic E-state index is 0.112. The van der Waals surface area contributed by atoms with Crippen molar-refractivity contribution < 1.29 is 0 Å². The number of rotatable bonds is 3. The first-order valence-corrected chi connectivity index (χ1v) is 8.43. The van der Waals surface area contributed by atoms with Gasteiger partial charge in [-0.3, -0.25) is 9.89 Å². The molecule has 1 N–H and O–H groups in total. The Kier molecular flexibility index (Phi) is 3.70. The minimum Gasteiger partial charge on any atom is -0.296 e. The van der Waals surface area contributed by atoms with Crippen LogP contribution in [-0.2, 0) is 0 Å². The molecule has 0 spiro atoms. The summed E-state index contributed by atoms with van der Waals surface area (Å²) < 4.78 is 1.46. The molecule has 0 aliphatic carbocycles. The molecule has 0 aliphatic rings. The van der Waals surface area contributed by atoms with E-state index in [0.29, 0.717) is 5.65 Å². The van der Waals surface area contributed by atoms with Crippen LogP contribution in [0.25, 0.3) is 16.8 Å². The standard InChI is InChI=1S/C19H15N3OS/c1-13-11-14(7-8-17(13)24-15-5-3-2-4-6-15)16-12-21-22-18(23)9-10-20-19(16)22/h2-12,21H,1H3. The number of hydrogen-bond acceptors (Lipinski definition) is 3. The van der Waals surface area contributed by atoms with Crippen LogP contribution in [0.5, 0.6) is 0 Å². The van der Waals surface area contributed by atoms with E-state index in [1.54, 1.807) is 18.0 Å². The lowest BCUT2D eigenvalue weighted by Crippen LogP contribution is -2.12. The van der Waals surface area contributed by atoms with Crippen LogP contribution in [0, 0.1) is 6.92 Å². The molecule has 4 nitrogen and oxygen atoms in total. The molecule has 0 atom stereocenters. The van der Waals surface area contributed by atoms with Crippen LogP contribution in [0.4, 0.5) is 0 Å². The van der Waals surface area contributed by atoms with Crippen molar-refractivity contribution in [3.8, 4) is 11.1 Å². The van der Waals surface area contributed by atoms with Gasteiger partial charge in [-0.2, -0.15) is 0 Å². The number of hydrogen-bond donors (Lipinski definition) is 1. The highest BCUT2D eigenvalue weighted by molar-refractivity contribution is 7.99. The number of nitrogens with zero attached hydrogens (tertiary/aromatic N) is 2. The van der Waals surface area contributed by atoms with E-state index in [1.807, 2.05) is 24.4 Å². The fourth-order valence-corrected chi connectivity index (χ4v) is 3.58. The molecular weight excluding hydrogens is 318 g/mol. The van der Waals surface area contributed by atoms with Crippen molar-refractivity contribution in [3.05, 3.63) is 82.9 Å². The molecule has 4 aromatic rings. The average Bonchev–Trinajstić information content (AvgIpc) is 3.03. The zero-order valence-corrected chi connectivity index (χ0v) is 13.9. The summed E-state index contributed by atoms with van der Waals surface area (Å²) in [6, 6.07) is 18.1. The van der Waals surface area contributed by atoms with Gasteiger partial charge in [-0.15, -0.1) is 0 Å². The van der Waals surface area contributed by atoms with E-state index in [-0.39, 0.29) is 5.56 Å². The van der Waals surface area contributed by atoms with Crippen LogP contribution in [0.3, 0.4) is 0 Å². The van der Waals surface area contributed by atoms with Crippen molar-refractivity contribution >= 4 is 17.4 Å². The third-order valence-electron chi connectivity index (χ3n) is 3.88. The number of aromatic amines is 1. The maximum atomic E-state index is 11.8. The highest BCUT2D eigenvalue weighted by Gasteiger charge is 2.10. The molecule has 118 valence electrons. The predicted octanol–water partition coefficient (Wildman–Crippen LogP) is 4.15. The summed E-state index contributed by atoms with van der Waals surface area (Å²) in [6.07, 6.45) is 3.37. The molecule has 0 saturated heterocycles. The molecule has 4 rings (SSSR count). The first-order valence-electron chi connectivity index (χ1n) is 7.61. The predicted molar refractivity (Wildman–Crippen MR) is 96.6 cm³/mol. The summed E-state index contributed by atoms with van der Waals surface area (Å²) >= 11 is 1.75. The van der Waals surface area contributed by atoms with Gasteiger partial charge < -0.3 is 0 Å². The van der Waals surface area contributed by atoms with E-state index in [9.17, 15) is 4.79 Å². The Morgan fingerprint density at radius 1 is 1.08 bits per heavy atom. The van der Waals surface area contributed by atoms with E-state index < -0.39 is 0 Å². The lowest BCUT2D eigenvalue weighted by atomic mass is 10.1. The number of aryl methyl sites for hydroxylation is 1. The number of aromatic nitrogens is 3. The highest BCUT2D eigenvalue weighted by atomic mass is 32.2. The largest absolute Gasteiger partial charge is 0.296 e. The van der Waals surface area contributed by atoms with E-state index in [4.69, 9.17) is 0 Å². The summed E-state index contributed by atoms with van der Waals surface area (Å²) in [6.45, 7) is 2.10. The Morgan fingerprint density at radius 2 is 1.92 bits per heavy atom. The summed E-state index contributed by atoms with van der Waals surface area (Å²) in [5.41, 5.74) is 3.69. The molecule has 2 aromatic heterocycles. The normalized spacial score (nSPS) is 11.0. The summed E-state index contributed by atoms with van der Waals surface area (Å²) in [4.78, 5) is 18.6. The molecule has 0 bridgehead atoms. The Morgan fingerprint density at radius 3 is 2.71 bits per heavy atom. The molecule has 0 saturated carbocycles. The van der Waals surface area contributed by atoms with Gasteiger partial charge in [-0.1, -0.05) is 42.1 Å². The SMILES string of the molecule is Cc1cc(-c2c[nH]n3c(=O)ccnc23)ccc1Sc1ccccc1. The monoisotopic (exact) mass is 333 g/mol. The van der Waals surface area contributed by atoms with Crippen molar-refractivity contribution in [2.24, 2.45) is 0 Å². The molecule has 2 heterocycles. The van der Waals surface area contributed by atoms with E-state index in [0.717, 1.165) is 11.1 Å².